The van der Waals surface area contributed by atoms with Gasteiger partial charge in [-0.2, -0.15) is 5.26 Å². The van der Waals surface area contributed by atoms with Gasteiger partial charge in [0.2, 0.25) is 0 Å². The summed E-state index contributed by atoms with van der Waals surface area (Å²) in [6.07, 6.45) is 5.28. The molecule has 0 radical (unpaired) electrons. The van der Waals surface area contributed by atoms with Gasteiger partial charge in [0, 0.05) is 23.4 Å². The number of hydrogen-bond acceptors (Lipinski definition) is 6. The van der Waals surface area contributed by atoms with E-state index >= 15 is 0 Å². The third kappa shape index (κ3) is 5.17. The van der Waals surface area contributed by atoms with Gasteiger partial charge in [-0.1, -0.05) is 6.07 Å². The number of rotatable bonds is 6. The molecule has 31 heavy (non-hydrogen) atoms. The number of esters is 1. The number of halogens is 1. The highest BCUT2D eigenvalue weighted by atomic mass is 79.9. The first-order valence-corrected chi connectivity index (χ1v) is 11.7. The highest BCUT2D eigenvalue weighted by Gasteiger charge is 2.27. The van der Waals surface area contributed by atoms with Gasteiger partial charge in [0.05, 0.1) is 17.9 Å². The molecule has 1 aromatic heterocycles. The minimum absolute atomic E-state index is 0.0364. The quantitative estimate of drug-likeness (QED) is 0.335. The maximum Gasteiger partial charge on any atom is 0.341 e. The average Bonchev–Trinajstić information content (AvgIpc) is 3.09. The minimum atomic E-state index is -0.542. The van der Waals surface area contributed by atoms with E-state index in [1.165, 1.54) is 17.4 Å². The minimum Gasteiger partial charge on any atom is -0.462 e. The number of aryl methyl sites for hydroxylation is 1. The van der Waals surface area contributed by atoms with Gasteiger partial charge >= 0.3 is 5.97 Å². The molecule has 0 bridgehead atoms. The molecule has 0 fully saturated rings. The third-order valence-electron chi connectivity index (χ3n) is 5.01. The summed E-state index contributed by atoms with van der Waals surface area (Å²) in [5, 5.41) is 12.8. The number of fused-ring (bicyclic) bond motifs is 1. The van der Waals surface area contributed by atoms with Crippen LogP contribution in [0.4, 0.5) is 10.7 Å². The zero-order chi connectivity index (χ0) is 22.5. The van der Waals surface area contributed by atoms with Gasteiger partial charge in [0.15, 0.2) is 0 Å². The average molecular weight is 502 g/mol. The van der Waals surface area contributed by atoms with Crippen LogP contribution in [0.15, 0.2) is 28.2 Å². The molecular formula is C23H24BrN3O3S. The van der Waals surface area contributed by atoms with E-state index in [1.54, 1.807) is 6.92 Å². The van der Waals surface area contributed by atoms with E-state index in [4.69, 9.17) is 4.74 Å². The SMILES string of the molecule is CCOC(=O)c1c(NC(=O)/C(C#N)=C/c2ccc(N(C)C)c(Br)c2)sc2c1CCCC2. The Morgan fingerprint density at radius 3 is 2.71 bits per heavy atom. The Bertz CT molecular complexity index is 1080. The van der Waals surface area contributed by atoms with Crippen molar-refractivity contribution in [2.45, 2.75) is 32.6 Å². The molecule has 0 saturated heterocycles. The van der Waals surface area contributed by atoms with E-state index in [9.17, 15) is 14.9 Å². The zero-order valence-electron chi connectivity index (χ0n) is 17.8. The van der Waals surface area contributed by atoms with Crippen LogP contribution in [0.2, 0.25) is 0 Å². The number of ether oxygens (including phenoxy) is 1. The summed E-state index contributed by atoms with van der Waals surface area (Å²) in [6, 6.07) is 7.59. The number of amides is 1. The lowest BCUT2D eigenvalue weighted by Gasteiger charge is -2.14. The molecule has 6 nitrogen and oxygen atoms in total. The summed E-state index contributed by atoms with van der Waals surface area (Å²) in [7, 11) is 3.87. The van der Waals surface area contributed by atoms with Crippen molar-refractivity contribution >= 4 is 55.9 Å². The molecule has 1 N–H and O–H groups in total. The maximum absolute atomic E-state index is 12.9. The molecule has 8 heteroatoms. The standard InChI is InChI=1S/C23H24BrN3O3S/c1-4-30-23(29)20-16-7-5-6-8-19(16)31-22(20)26-21(28)15(13-25)11-14-9-10-18(27(2)3)17(24)12-14/h9-12H,4-8H2,1-3H3,(H,26,28)/b15-11+. The normalized spacial score (nSPS) is 13.2. The number of nitrogens with zero attached hydrogens (tertiary/aromatic N) is 2. The first kappa shape index (κ1) is 23.0. The molecule has 1 aromatic carbocycles. The number of anilines is 2. The first-order chi connectivity index (χ1) is 14.8. The molecule has 2 aromatic rings. The summed E-state index contributed by atoms with van der Waals surface area (Å²) < 4.78 is 6.09. The molecular weight excluding hydrogens is 478 g/mol. The van der Waals surface area contributed by atoms with Crippen molar-refractivity contribution < 1.29 is 14.3 Å². The number of nitriles is 1. The fraction of sp³-hybridized carbons (Fsp3) is 0.348. The summed E-state index contributed by atoms with van der Waals surface area (Å²) in [5.41, 5.74) is 3.08. The molecule has 1 aliphatic carbocycles. The van der Waals surface area contributed by atoms with Crippen molar-refractivity contribution in [3.8, 4) is 6.07 Å². The maximum atomic E-state index is 12.9. The summed E-state index contributed by atoms with van der Waals surface area (Å²) in [5.74, 6) is -0.970. The summed E-state index contributed by atoms with van der Waals surface area (Å²) >= 11 is 4.92. The van der Waals surface area contributed by atoms with Crippen LogP contribution < -0.4 is 10.2 Å². The molecule has 0 atom stereocenters. The highest BCUT2D eigenvalue weighted by molar-refractivity contribution is 9.10. The Morgan fingerprint density at radius 2 is 2.06 bits per heavy atom. The Hall–Kier alpha value is -2.63. The van der Waals surface area contributed by atoms with Gasteiger partial charge < -0.3 is 15.0 Å². The summed E-state index contributed by atoms with van der Waals surface area (Å²) in [4.78, 5) is 28.5. The Labute approximate surface area is 194 Å². The van der Waals surface area contributed by atoms with Crippen LogP contribution in [0.25, 0.3) is 6.08 Å². The van der Waals surface area contributed by atoms with Gasteiger partial charge in [0.1, 0.15) is 16.6 Å². The number of nitrogens with one attached hydrogen (secondary N) is 1. The molecule has 1 heterocycles. The predicted octanol–water partition coefficient (Wildman–Crippen LogP) is 5.18. The Balaban J connectivity index is 1.90. The summed E-state index contributed by atoms with van der Waals surface area (Å²) in [6.45, 7) is 2.02. The molecule has 1 aliphatic rings. The van der Waals surface area contributed by atoms with Crippen LogP contribution in [-0.4, -0.2) is 32.6 Å². The van der Waals surface area contributed by atoms with Crippen LogP contribution >= 0.6 is 27.3 Å². The van der Waals surface area contributed by atoms with Crippen molar-refractivity contribution in [3.05, 3.63) is 49.8 Å². The second-order valence-electron chi connectivity index (χ2n) is 7.36. The Kier molecular flexibility index (Phi) is 7.52. The second kappa shape index (κ2) is 10.1. The lowest BCUT2D eigenvalue weighted by Crippen LogP contribution is -2.16. The molecule has 0 aliphatic heterocycles. The van der Waals surface area contributed by atoms with Gasteiger partial charge in [-0.25, -0.2) is 4.79 Å². The fourth-order valence-electron chi connectivity index (χ4n) is 3.53. The fourth-order valence-corrected chi connectivity index (χ4v) is 5.56. The lowest BCUT2D eigenvalue weighted by atomic mass is 9.95. The van der Waals surface area contributed by atoms with Gasteiger partial charge in [-0.05, 0) is 77.9 Å². The van der Waals surface area contributed by atoms with Crippen molar-refractivity contribution in [3.63, 3.8) is 0 Å². The van der Waals surface area contributed by atoms with E-state index in [-0.39, 0.29) is 12.2 Å². The van der Waals surface area contributed by atoms with E-state index in [1.807, 2.05) is 43.3 Å². The lowest BCUT2D eigenvalue weighted by molar-refractivity contribution is -0.112. The smallest absolute Gasteiger partial charge is 0.341 e. The van der Waals surface area contributed by atoms with Gasteiger partial charge in [-0.3, -0.25) is 4.79 Å². The van der Waals surface area contributed by atoms with E-state index < -0.39 is 11.9 Å². The third-order valence-corrected chi connectivity index (χ3v) is 6.85. The number of carbonyl (C=O) groups is 2. The number of benzene rings is 1. The van der Waals surface area contributed by atoms with Crippen LogP contribution in [-0.2, 0) is 22.4 Å². The molecule has 3 rings (SSSR count). The van der Waals surface area contributed by atoms with Crippen LogP contribution in [0.5, 0.6) is 0 Å². The van der Waals surface area contributed by atoms with Crippen LogP contribution in [0, 0.1) is 11.3 Å². The highest BCUT2D eigenvalue weighted by Crippen LogP contribution is 2.39. The van der Waals surface area contributed by atoms with Crippen molar-refractivity contribution in [1.82, 2.24) is 0 Å². The van der Waals surface area contributed by atoms with E-state index in [0.29, 0.717) is 10.6 Å². The number of carbonyl (C=O) groups excluding carboxylic acids is 2. The van der Waals surface area contributed by atoms with Crippen molar-refractivity contribution in [1.29, 1.82) is 5.26 Å². The molecule has 0 saturated carbocycles. The Morgan fingerprint density at radius 1 is 1.32 bits per heavy atom. The van der Waals surface area contributed by atoms with Gasteiger partial charge in [-0.15, -0.1) is 11.3 Å². The number of hydrogen-bond donors (Lipinski definition) is 1. The van der Waals surface area contributed by atoms with Crippen molar-refractivity contribution in [2.24, 2.45) is 0 Å². The zero-order valence-corrected chi connectivity index (χ0v) is 20.2. The monoisotopic (exact) mass is 501 g/mol. The molecule has 0 unspecified atom stereocenters. The molecule has 162 valence electrons. The van der Waals surface area contributed by atoms with Crippen molar-refractivity contribution in [2.75, 3.05) is 30.9 Å². The van der Waals surface area contributed by atoms with Gasteiger partial charge in [0.25, 0.3) is 5.91 Å². The first-order valence-electron chi connectivity index (χ1n) is 10.1. The second-order valence-corrected chi connectivity index (χ2v) is 9.32. The van der Waals surface area contributed by atoms with Crippen LogP contribution in [0.3, 0.4) is 0 Å². The number of thiophene rings is 1. The van der Waals surface area contributed by atoms with E-state index in [2.05, 4.69) is 21.2 Å². The molecule has 0 spiro atoms. The van der Waals surface area contributed by atoms with Crippen LogP contribution in [0.1, 0.15) is 46.1 Å². The predicted molar refractivity (Wildman–Crippen MR) is 128 cm³/mol. The van der Waals surface area contributed by atoms with E-state index in [0.717, 1.165) is 51.8 Å². The largest absolute Gasteiger partial charge is 0.462 e. The molecule has 1 amide bonds. The topological polar surface area (TPSA) is 82.4 Å².